The number of rotatable bonds is 2. The molecule has 0 aliphatic carbocycles. The molecule has 2 rings (SSSR count). The maximum atomic E-state index is 9.26. The van der Waals surface area contributed by atoms with Crippen molar-refractivity contribution in [1.29, 1.82) is 0 Å². The molecular formula is C14H13NOS. The molecule has 0 atom stereocenters. The molecule has 0 saturated carbocycles. The molecule has 0 bridgehead atoms. The third kappa shape index (κ3) is 2.63. The van der Waals surface area contributed by atoms with Crippen molar-refractivity contribution in [2.24, 2.45) is 5.73 Å². The number of phenolic OH excluding ortho intramolecular Hbond substituents is 1. The van der Waals surface area contributed by atoms with Crippen molar-refractivity contribution in [3.8, 4) is 16.9 Å². The van der Waals surface area contributed by atoms with Crippen LogP contribution >= 0.6 is 12.2 Å². The van der Waals surface area contributed by atoms with Crippen LogP contribution < -0.4 is 5.73 Å². The summed E-state index contributed by atoms with van der Waals surface area (Å²) < 4.78 is 0. The fraction of sp³-hybridized carbons (Fsp3) is 0.0714. The van der Waals surface area contributed by atoms with Crippen molar-refractivity contribution in [2.75, 3.05) is 0 Å². The monoisotopic (exact) mass is 243 g/mol. The maximum Gasteiger partial charge on any atom is 0.115 e. The Morgan fingerprint density at radius 1 is 1.06 bits per heavy atom. The molecule has 0 aliphatic rings. The summed E-state index contributed by atoms with van der Waals surface area (Å²) in [6.07, 6.45) is 0. The van der Waals surface area contributed by atoms with Gasteiger partial charge in [-0.25, -0.2) is 0 Å². The first-order chi connectivity index (χ1) is 8.06. The number of benzene rings is 2. The Bertz CT molecular complexity index is 561. The molecule has 0 amide bonds. The van der Waals surface area contributed by atoms with E-state index in [1.807, 2.05) is 31.2 Å². The molecule has 0 unspecified atom stereocenters. The van der Waals surface area contributed by atoms with Crippen molar-refractivity contribution >= 4 is 17.2 Å². The maximum absolute atomic E-state index is 9.26. The van der Waals surface area contributed by atoms with E-state index in [2.05, 4.69) is 6.07 Å². The number of aromatic hydroxyl groups is 1. The van der Waals surface area contributed by atoms with Crippen LogP contribution in [0.25, 0.3) is 11.1 Å². The molecule has 0 radical (unpaired) electrons. The SMILES string of the molecule is Cc1cc(C(N)=S)cc(-c2ccc(O)cc2)c1. The van der Waals surface area contributed by atoms with Crippen LogP contribution in [-0.4, -0.2) is 10.1 Å². The van der Waals surface area contributed by atoms with Gasteiger partial charge in [-0.1, -0.05) is 30.4 Å². The lowest BCUT2D eigenvalue weighted by atomic mass is 10.0. The standard InChI is InChI=1S/C14H13NOS/c1-9-6-11(8-12(7-9)14(15)17)10-2-4-13(16)5-3-10/h2-8,16H,1H3,(H2,15,17). The van der Waals surface area contributed by atoms with Gasteiger partial charge in [-0.05, 0) is 47.9 Å². The fourth-order valence-corrected chi connectivity index (χ4v) is 1.86. The second kappa shape index (κ2) is 4.55. The van der Waals surface area contributed by atoms with Gasteiger partial charge in [0.2, 0.25) is 0 Å². The van der Waals surface area contributed by atoms with Crippen LogP contribution in [-0.2, 0) is 0 Å². The third-order valence-electron chi connectivity index (χ3n) is 2.56. The minimum absolute atomic E-state index is 0.260. The van der Waals surface area contributed by atoms with Crippen LogP contribution in [0.5, 0.6) is 5.75 Å². The van der Waals surface area contributed by atoms with E-state index in [0.29, 0.717) is 4.99 Å². The van der Waals surface area contributed by atoms with Crippen LogP contribution in [0.15, 0.2) is 42.5 Å². The lowest BCUT2D eigenvalue weighted by Crippen LogP contribution is -2.09. The van der Waals surface area contributed by atoms with Gasteiger partial charge < -0.3 is 10.8 Å². The van der Waals surface area contributed by atoms with Crippen LogP contribution in [0.3, 0.4) is 0 Å². The number of thiocarbonyl (C=S) groups is 1. The molecule has 17 heavy (non-hydrogen) atoms. The van der Waals surface area contributed by atoms with E-state index in [1.165, 1.54) is 0 Å². The Morgan fingerprint density at radius 2 is 1.71 bits per heavy atom. The molecule has 0 spiro atoms. The van der Waals surface area contributed by atoms with Gasteiger partial charge in [0.25, 0.3) is 0 Å². The number of hydrogen-bond acceptors (Lipinski definition) is 2. The zero-order valence-electron chi connectivity index (χ0n) is 9.47. The first kappa shape index (κ1) is 11.6. The van der Waals surface area contributed by atoms with E-state index >= 15 is 0 Å². The Kier molecular flexibility index (Phi) is 3.11. The second-order valence-electron chi connectivity index (χ2n) is 4.00. The second-order valence-corrected chi connectivity index (χ2v) is 4.44. The van der Waals surface area contributed by atoms with E-state index in [-0.39, 0.29) is 5.75 Å². The Balaban J connectivity index is 2.51. The highest BCUT2D eigenvalue weighted by Gasteiger charge is 2.03. The molecule has 0 saturated heterocycles. The Hall–Kier alpha value is -1.87. The molecule has 0 aromatic heterocycles. The number of phenols is 1. The van der Waals surface area contributed by atoms with E-state index in [1.54, 1.807) is 12.1 Å². The highest BCUT2D eigenvalue weighted by atomic mass is 32.1. The van der Waals surface area contributed by atoms with E-state index in [0.717, 1.165) is 22.3 Å². The first-order valence-electron chi connectivity index (χ1n) is 5.27. The highest BCUT2D eigenvalue weighted by Crippen LogP contribution is 2.24. The topological polar surface area (TPSA) is 46.2 Å². The van der Waals surface area contributed by atoms with Crippen molar-refractivity contribution in [1.82, 2.24) is 0 Å². The van der Waals surface area contributed by atoms with Crippen LogP contribution in [0.4, 0.5) is 0 Å². The van der Waals surface area contributed by atoms with Gasteiger partial charge in [-0.15, -0.1) is 0 Å². The molecule has 0 fully saturated rings. The zero-order chi connectivity index (χ0) is 12.4. The molecule has 2 aromatic carbocycles. The van der Waals surface area contributed by atoms with Crippen LogP contribution in [0.2, 0.25) is 0 Å². The van der Waals surface area contributed by atoms with Gasteiger partial charge in [0.1, 0.15) is 10.7 Å². The molecular weight excluding hydrogens is 230 g/mol. The predicted molar refractivity (Wildman–Crippen MR) is 74.2 cm³/mol. The van der Waals surface area contributed by atoms with Crippen LogP contribution in [0, 0.1) is 6.92 Å². The van der Waals surface area contributed by atoms with Crippen molar-refractivity contribution in [3.63, 3.8) is 0 Å². The van der Waals surface area contributed by atoms with Crippen molar-refractivity contribution < 1.29 is 5.11 Å². The minimum Gasteiger partial charge on any atom is -0.508 e. The smallest absolute Gasteiger partial charge is 0.115 e. The number of aryl methyl sites for hydroxylation is 1. The number of hydrogen-bond donors (Lipinski definition) is 2. The average molecular weight is 243 g/mol. The lowest BCUT2D eigenvalue weighted by Gasteiger charge is -2.07. The van der Waals surface area contributed by atoms with Gasteiger partial charge in [-0.2, -0.15) is 0 Å². The summed E-state index contributed by atoms with van der Waals surface area (Å²) in [6.45, 7) is 2.01. The minimum atomic E-state index is 0.260. The zero-order valence-corrected chi connectivity index (χ0v) is 10.3. The van der Waals surface area contributed by atoms with Gasteiger partial charge in [-0.3, -0.25) is 0 Å². The lowest BCUT2D eigenvalue weighted by molar-refractivity contribution is 0.475. The Morgan fingerprint density at radius 3 is 2.29 bits per heavy atom. The quantitative estimate of drug-likeness (QED) is 0.797. The normalized spacial score (nSPS) is 10.2. The molecule has 2 nitrogen and oxygen atoms in total. The largest absolute Gasteiger partial charge is 0.508 e. The van der Waals surface area contributed by atoms with Gasteiger partial charge in [0, 0.05) is 5.56 Å². The summed E-state index contributed by atoms with van der Waals surface area (Å²) >= 11 is 4.99. The van der Waals surface area contributed by atoms with Gasteiger partial charge in [0.15, 0.2) is 0 Å². The number of nitrogens with two attached hydrogens (primary N) is 1. The van der Waals surface area contributed by atoms with E-state index < -0.39 is 0 Å². The van der Waals surface area contributed by atoms with Crippen molar-refractivity contribution in [2.45, 2.75) is 6.92 Å². The summed E-state index contributed by atoms with van der Waals surface area (Å²) in [5.74, 6) is 0.260. The third-order valence-corrected chi connectivity index (χ3v) is 2.80. The summed E-state index contributed by atoms with van der Waals surface area (Å²) in [5, 5.41) is 9.26. The molecule has 0 heterocycles. The predicted octanol–water partition coefficient (Wildman–Crippen LogP) is 3.00. The molecule has 0 aliphatic heterocycles. The average Bonchev–Trinajstić information content (AvgIpc) is 2.29. The van der Waals surface area contributed by atoms with E-state index in [4.69, 9.17) is 18.0 Å². The molecule has 3 N–H and O–H groups in total. The summed E-state index contributed by atoms with van der Waals surface area (Å²) in [5.41, 5.74) is 9.70. The van der Waals surface area contributed by atoms with Crippen LogP contribution in [0.1, 0.15) is 11.1 Å². The summed E-state index contributed by atoms with van der Waals surface area (Å²) in [4.78, 5) is 0.397. The molecule has 86 valence electrons. The van der Waals surface area contributed by atoms with E-state index in [9.17, 15) is 5.11 Å². The highest BCUT2D eigenvalue weighted by molar-refractivity contribution is 7.80. The van der Waals surface area contributed by atoms with Gasteiger partial charge in [0.05, 0.1) is 0 Å². The Labute approximate surface area is 106 Å². The fourth-order valence-electron chi connectivity index (χ4n) is 1.75. The van der Waals surface area contributed by atoms with Gasteiger partial charge >= 0.3 is 0 Å². The van der Waals surface area contributed by atoms with Crippen molar-refractivity contribution in [3.05, 3.63) is 53.6 Å². The first-order valence-corrected chi connectivity index (χ1v) is 5.68. The summed E-state index contributed by atoms with van der Waals surface area (Å²) in [7, 11) is 0. The molecule has 3 heteroatoms. The molecule has 2 aromatic rings. The summed E-state index contributed by atoms with van der Waals surface area (Å²) in [6, 6.07) is 13.1.